The predicted molar refractivity (Wildman–Crippen MR) is 81.6 cm³/mol. The van der Waals surface area contributed by atoms with E-state index in [1.54, 1.807) is 0 Å². The van der Waals surface area contributed by atoms with Crippen molar-refractivity contribution in [2.75, 3.05) is 18.8 Å². The first kappa shape index (κ1) is 17.9. The van der Waals surface area contributed by atoms with Gasteiger partial charge in [0.1, 0.15) is 10.7 Å². The molecule has 0 spiro atoms. The molecule has 0 heterocycles. The number of sulfonamides is 1. The summed E-state index contributed by atoms with van der Waals surface area (Å²) in [5.41, 5.74) is 5.32. The fraction of sp³-hybridized carbons (Fsp3) is 0.417. The molecule has 0 bridgehead atoms. The van der Waals surface area contributed by atoms with Gasteiger partial charge in [0.25, 0.3) is 0 Å². The molecule has 1 amide bonds. The average molecular weight is 382 g/mol. The quantitative estimate of drug-likeness (QED) is 0.620. The van der Waals surface area contributed by atoms with E-state index < -0.39 is 15.8 Å². The number of benzene rings is 1. The summed E-state index contributed by atoms with van der Waals surface area (Å²) in [6.07, 6.45) is 0.819. The van der Waals surface area contributed by atoms with Crippen molar-refractivity contribution in [2.45, 2.75) is 24.7 Å². The zero-order valence-corrected chi connectivity index (χ0v) is 13.9. The molecule has 0 unspecified atom stereocenters. The Morgan fingerprint density at radius 2 is 2.05 bits per heavy atom. The third kappa shape index (κ3) is 5.25. The normalized spacial score (nSPS) is 11.4. The highest BCUT2D eigenvalue weighted by Gasteiger charge is 2.19. The van der Waals surface area contributed by atoms with Gasteiger partial charge >= 0.3 is 0 Å². The lowest BCUT2D eigenvalue weighted by Gasteiger charge is -2.10. The molecule has 118 valence electrons. The topological polar surface area (TPSA) is 101 Å². The van der Waals surface area contributed by atoms with Crippen LogP contribution in [-0.4, -0.2) is 27.4 Å². The molecule has 9 heteroatoms. The monoisotopic (exact) mass is 381 g/mol. The molecule has 0 aromatic heterocycles. The Kier molecular flexibility index (Phi) is 6.56. The van der Waals surface area contributed by atoms with Gasteiger partial charge in [-0.3, -0.25) is 4.79 Å². The molecular formula is C12H17BrFN3O3S. The molecule has 1 rings (SSSR count). The zero-order chi connectivity index (χ0) is 16.0. The lowest BCUT2D eigenvalue weighted by atomic mass is 10.3. The van der Waals surface area contributed by atoms with E-state index in [0.717, 1.165) is 18.6 Å². The number of nitrogens with two attached hydrogens (primary N) is 1. The van der Waals surface area contributed by atoms with E-state index in [2.05, 4.69) is 26.0 Å². The number of nitrogen functional groups attached to an aromatic ring is 1. The first-order chi connectivity index (χ1) is 9.77. The molecule has 0 saturated heterocycles. The summed E-state index contributed by atoms with van der Waals surface area (Å²) in [5, 5.41) is 2.63. The van der Waals surface area contributed by atoms with Gasteiger partial charge in [0.2, 0.25) is 15.9 Å². The maximum atomic E-state index is 13.2. The fourth-order valence-electron chi connectivity index (χ4n) is 1.51. The van der Waals surface area contributed by atoms with Crippen molar-refractivity contribution in [3.63, 3.8) is 0 Å². The van der Waals surface area contributed by atoms with E-state index in [9.17, 15) is 17.6 Å². The number of amides is 1. The van der Waals surface area contributed by atoms with Crippen LogP contribution in [0.4, 0.5) is 10.1 Å². The van der Waals surface area contributed by atoms with E-state index in [-0.39, 0.29) is 33.9 Å². The first-order valence-electron chi connectivity index (χ1n) is 6.28. The minimum Gasteiger partial charge on any atom is -0.398 e. The van der Waals surface area contributed by atoms with Crippen LogP contribution in [0.5, 0.6) is 0 Å². The van der Waals surface area contributed by atoms with Gasteiger partial charge in [-0.05, 0) is 34.5 Å². The van der Waals surface area contributed by atoms with Crippen molar-refractivity contribution in [2.24, 2.45) is 0 Å². The van der Waals surface area contributed by atoms with Crippen molar-refractivity contribution in [1.82, 2.24) is 10.0 Å². The standard InChI is InChI=1S/C12H17BrFN3O3S/c1-2-4-16-12(18)3-5-17-21(19,20)11-6-8(13)9(14)7-10(11)15/h6-7,17H,2-5,15H2,1H3,(H,16,18). The highest BCUT2D eigenvalue weighted by Crippen LogP contribution is 2.25. The largest absolute Gasteiger partial charge is 0.398 e. The zero-order valence-electron chi connectivity index (χ0n) is 11.4. The Labute approximate surface area is 131 Å². The van der Waals surface area contributed by atoms with E-state index in [4.69, 9.17) is 5.73 Å². The van der Waals surface area contributed by atoms with Crippen LogP contribution in [0.1, 0.15) is 19.8 Å². The van der Waals surface area contributed by atoms with E-state index in [1.807, 2.05) is 6.92 Å². The fourth-order valence-corrected chi connectivity index (χ4v) is 3.17. The third-order valence-corrected chi connectivity index (χ3v) is 4.68. The highest BCUT2D eigenvalue weighted by atomic mass is 79.9. The Morgan fingerprint density at radius 1 is 1.38 bits per heavy atom. The number of carbonyl (C=O) groups is 1. The van der Waals surface area contributed by atoms with Crippen LogP contribution in [0.15, 0.2) is 21.5 Å². The molecule has 0 atom stereocenters. The Morgan fingerprint density at radius 3 is 2.67 bits per heavy atom. The summed E-state index contributed by atoms with van der Waals surface area (Å²) < 4.78 is 39.6. The second-order valence-corrected chi connectivity index (χ2v) is 6.89. The van der Waals surface area contributed by atoms with Crippen LogP contribution in [0.2, 0.25) is 0 Å². The lowest BCUT2D eigenvalue weighted by Crippen LogP contribution is -2.31. The van der Waals surface area contributed by atoms with E-state index in [1.165, 1.54) is 0 Å². The third-order valence-electron chi connectivity index (χ3n) is 2.56. The Balaban J connectivity index is 2.70. The number of nitrogens with one attached hydrogen (secondary N) is 2. The molecule has 0 aliphatic carbocycles. The summed E-state index contributed by atoms with van der Waals surface area (Å²) in [6, 6.07) is 2.01. The van der Waals surface area contributed by atoms with E-state index in [0.29, 0.717) is 6.54 Å². The molecule has 21 heavy (non-hydrogen) atoms. The van der Waals surface area contributed by atoms with Crippen molar-refractivity contribution >= 4 is 37.5 Å². The number of hydrogen-bond acceptors (Lipinski definition) is 4. The van der Waals surface area contributed by atoms with Crippen LogP contribution in [-0.2, 0) is 14.8 Å². The molecular weight excluding hydrogens is 365 g/mol. The van der Waals surface area contributed by atoms with Gasteiger partial charge in [0.15, 0.2) is 0 Å². The number of anilines is 1. The Hall–Kier alpha value is -1.19. The minimum atomic E-state index is -3.90. The van der Waals surface area contributed by atoms with Crippen LogP contribution >= 0.6 is 15.9 Å². The van der Waals surface area contributed by atoms with Gasteiger partial charge in [0.05, 0.1) is 10.2 Å². The van der Waals surface area contributed by atoms with Crippen LogP contribution in [0.25, 0.3) is 0 Å². The highest BCUT2D eigenvalue weighted by molar-refractivity contribution is 9.10. The second kappa shape index (κ2) is 7.71. The minimum absolute atomic E-state index is 0.00207. The average Bonchev–Trinajstić information content (AvgIpc) is 2.40. The van der Waals surface area contributed by atoms with Crippen molar-refractivity contribution < 1.29 is 17.6 Å². The molecule has 0 radical (unpaired) electrons. The van der Waals surface area contributed by atoms with Crippen LogP contribution in [0, 0.1) is 5.82 Å². The number of halogens is 2. The van der Waals surface area contributed by atoms with Gasteiger partial charge in [-0.25, -0.2) is 17.5 Å². The Bertz CT molecular complexity index is 622. The van der Waals surface area contributed by atoms with Gasteiger partial charge in [0, 0.05) is 19.5 Å². The summed E-state index contributed by atoms with van der Waals surface area (Å²) in [6.45, 7) is 2.40. The summed E-state index contributed by atoms with van der Waals surface area (Å²) in [4.78, 5) is 11.1. The molecule has 0 aliphatic rings. The summed E-state index contributed by atoms with van der Waals surface area (Å²) >= 11 is 2.91. The first-order valence-corrected chi connectivity index (χ1v) is 8.56. The molecule has 1 aromatic rings. The molecule has 6 nitrogen and oxygen atoms in total. The lowest BCUT2D eigenvalue weighted by molar-refractivity contribution is -0.120. The van der Waals surface area contributed by atoms with Gasteiger partial charge in [-0.2, -0.15) is 0 Å². The maximum absolute atomic E-state index is 13.2. The van der Waals surface area contributed by atoms with Crippen LogP contribution in [0.3, 0.4) is 0 Å². The van der Waals surface area contributed by atoms with Crippen molar-refractivity contribution in [3.05, 3.63) is 22.4 Å². The van der Waals surface area contributed by atoms with Crippen molar-refractivity contribution in [3.8, 4) is 0 Å². The summed E-state index contributed by atoms with van der Waals surface area (Å²) in [7, 11) is -3.90. The SMILES string of the molecule is CCCNC(=O)CCNS(=O)(=O)c1cc(Br)c(F)cc1N. The van der Waals surface area contributed by atoms with E-state index >= 15 is 0 Å². The molecule has 1 aromatic carbocycles. The molecule has 4 N–H and O–H groups in total. The molecule has 0 aliphatic heterocycles. The van der Waals surface area contributed by atoms with Gasteiger partial charge in [-0.15, -0.1) is 0 Å². The van der Waals surface area contributed by atoms with Gasteiger partial charge < -0.3 is 11.1 Å². The van der Waals surface area contributed by atoms with Gasteiger partial charge in [-0.1, -0.05) is 6.92 Å². The summed E-state index contributed by atoms with van der Waals surface area (Å²) in [5.74, 6) is -0.891. The van der Waals surface area contributed by atoms with Crippen LogP contribution < -0.4 is 15.8 Å². The number of rotatable bonds is 7. The van der Waals surface area contributed by atoms with Crippen molar-refractivity contribution in [1.29, 1.82) is 0 Å². The predicted octanol–water partition coefficient (Wildman–Crippen LogP) is 1.37. The maximum Gasteiger partial charge on any atom is 0.242 e. The molecule has 0 fully saturated rings. The smallest absolute Gasteiger partial charge is 0.242 e. The number of hydrogen-bond donors (Lipinski definition) is 3. The molecule has 0 saturated carbocycles. The second-order valence-electron chi connectivity index (χ2n) is 4.30. The number of carbonyl (C=O) groups excluding carboxylic acids is 1.